The molecular formula is C15H25N4O4S2+. The van der Waals surface area contributed by atoms with Crippen LogP contribution in [0, 0.1) is 0 Å². The minimum absolute atomic E-state index is 0.205. The van der Waals surface area contributed by atoms with Gasteiger partial charge in [0.25, 0.3) is 15.9 Å². The van der Waals surface area contributed by atoms with Crippen LogP contribution in [0.5, 0.6) is 0 Å². The Morgan fingerprint density at radius 3 is 2.60 bits per heavy atom. The SMILES string of the molecule is CCNC(=O)[C@H](C)NC(=O)C[NH+]1CCN(S(=O)(=O)c2cccs2)CC1. The lowest BCUT2D eigenvalue weighted by Crippen LogP contribution is -3.15. The highest BCUT2D eigenvalue weighted by molar-refractivity contribution is 7.91. The van der Waals surface area contributed by atoms with Crippen LogP contribution in [0.1, 0.15) is 13.8 Å². The van der Waals surface area contributed by atoms with Crippen molar-refractivity contribution < 1.29 is 22.9 Å². The first-order valence-corrected chi connectivity index (χ1v) is 10.6. The number of hydrogen-bond acceptors (Lipinski definition) is 5. The monoisotopic (exact) mass is 389 g/mol. The Balaban J connectivity index is 1.80. The number of amides is 2. The first kappa shape index (κ1) is 19.8. The minimum Gasteiger partial charge on any atom is -0.355 e. The van der Waals surface area contributed by atoms with Crippen LogP contribution < -0.4 is 15.5 Å². The quantitative estimate of drug-likeness (QED) is 0.516. The van der Waals surface area contributed by atoms with Crippen LogP contribution in [0.15, 0.2) is 21.7 Å². The van der Waals surface area contributed by atoms with Gasteiger partial charge >= 0.3 is 0 Å². The van der Waals surface area contributed by atoms with Gasteiger partial charge in [-0.1, -0.05) is 6.07 Å². The Morgan fingerprint density at radius 2 is 2.04 bits per heavy atom. The highest BCUT2D eigenvalue weighted by Crippen LogP contribution is 2.20. The molecular weight excluding hydrogens is 364 g/mol. The first-order valence-electron chi connectivity index (χ1n) is 8.29. The van der Waals surface area contributed by atoms with Gasteiger partial charge in [0.05, 0.1) is 26.2 Å². The zero-order chi connectivity index (χ0) is 18.4. The second kappa shape index (κ2) is 8.75. The van der Waals surface area contributed by atoms with E-state index in [9.17, 15) is 18.0 Å². The molecule has 1 aliphatic rings. The third kappa shape index (κ3) is 5.24. The molecule has 0 saturated carbocycles. The summed E-state index contributed by atoms with van der Waals surface area (Å²) in [5.41, 5.74) is 0. The summed E-state index contributed by atoms with van der Waals surface area (Å²) in [5, 5.41) is 7.08. The van der Waals surface area contributed by atoms with E-state index in [0.29, 0.717) is 36.9 Å². The number of likely N-dealkylation sites (N-methyl/N-ethyl adjacent to an activating group) is 1. The number of quaternary nitrogens is 1. The number of thiophene rings is 1. The van der Waals surface area contributed by atoms with E-state index in [0.717, 1.165) is 4.90 Å². The highest BCUT2D eigenvalue weighted by Gasteiger charge is 2.31. The molecule has 0 bridgehead atoms. The summed E-state index contributed by atoms with van der Waals surface area (Å²) in [6, 6.07) is 2.75. The van der Waals surface area contributed by atoms with Gasteiger partial charge < -0.3 is 15.5 Å². The lowest BCUT2D eigenvalue weighted by molar-refractivity contribution is -0.895. The molecule has 0 unspecified atom stereocenters. The lowest BCUT2D eigenvalue weighted by Gasteiger charge is -2.31. The molecule has 1 aromatic heterocycles. The van der Waals surface area contributed by atoms with Crippen molar-refractivity contribution in [3.63, 3.8) is 0 Å². The summed E-state index contributed by atoms with van der Waals surface area (Å²) in [4.78, 5) is 24.7. The fourth-order valence-electron chi connectivity index (χ4n) is 2.67. The van der Waals surface area contributed by atoms with Crippen LogP contribution in [0.2, 0.25) is 0 Å². The van der Waals surface area contributed by atoms with E-state index in [1.54, 1.807) is 24.4 Å². The molecule has 1 atom stereocenters. The number of rotatable bonds is 7. The molecule has 0 radical (unpaired) electrons. The number of nitrogens with zero attached hydrogens (tertiary/aromatic N) is 1. The molecule has 1 saturated heterocycles. The molecule has 1 fully saturated rings. The summed E-state index contributed by atoms with van der Waals surface area (Å²) < 4.78 is 26.7. The molecule has 10 heteroatoms. The zero-order valence-electron chi connectivity index (χ0n) is 14.4. The zero-order valence-corrected chi connectivity index (χ0v) is 16.1. The van der Waals surface area contributed by atoms with Crippen molar-refractivity contribution in [2.24, 2.45) is 0 Å². The van der Waals surface area contributed by atoms with E-state index in [-0.39, 0.29) is 18.4 Å². The van der Waals surface area contributed by atoms with Gasteiger partial charge in [0.2, 0.25) is 5.91 Å². The van der Waals surface area contributed by atoms with Gasteiger partial charge in [-0.2, -0.15) is 4.31 Å². The van der Waals surface area contributed by atoms with Crippen LogP contribution in [-0.2, 0) is 19.6 Å². The van der Waals surface area contributed by atoms with Crippen LogP contribution >= 0.6 is 11.3 Å². The number of piperazine rings is 1. The molecule has 25 heavy (non-hydrogen) atoms. The predicted octanol–water partition coefficient (Wildman–Crippen LogP) is -1.72. The Bertz CT molecular complexity index is 682. The van der Waals surface area contributed by atoms with Gasteiger partial charge in [0.15, 0.2) is 6.54 Å². The summed E-state index contributed by atoms with van der Waals surface area (Å²) in [5.74, 6) is -0.416. The molecule has 2 heterocycles. The van der Waals surface area contributed by atoms with E-state index in [4.69, 9.17) is 0 Å². The number of carbonyl (C=O) groups is 2. The fraction of sp³-hybridized carbons (Fsp3) is 0.600. The number of carbonyl (C=O) groups excluding carboxylic acids is 2. The van der Waals surface area contributed by atoms with Crippen molar-refractivity contribution in [3.8, 4) is 0 Å². The second-order valence-corrected chi connectivity index (χ2v) is 9.06. The largest absolute Gasteiger partial charge is 0.355 e. The number of sulfonamides is 1. The van der Waals surface area contributed by atoms with Crippen molar-refractivity contribution in [2.75, 3.05) is 39.3 Å². The van der Waals surface area contributed by atoms with Crippen LogP contribution in [-0.4, -0.2) is 69.8 Å². The Hall–Kier alpha value is -1.49. The maximum absolute atomic E-state index is 12.5. The van der Waals surface area contributed by atoms with E-state index in [1.165, 1.54) is 15.6 Å². The Kier molecular flexibility index (Phi) is 6.94. The smallest absolute Gasteiger partial charge is 0.275 e. The van der Waals surface area contributed by atoms with Gasteiger partial charge in [-0.3, -0.25) is 9.59 Å². The van der Waals surface area contributed by atoms with E-state index >= 15 is 0 Å². The van der Waals surface area contributed by atoms with Gasteiger partial charge in [-0.25, -0.2) is 8.42 Å². The van der Waals surface area contributed by atoms with Crippen molar-refractivity contribution in [1.29, 1.82) is 0 Å². The van der Waals surface area contributed by atoms with Crippen LogP contribution in [0.4, 0.5) is 0 Å². The van der Waals surface area contributed by atoms with E-state index in [1.807, 2.05) is 6.92 Å². The van der Waals surface area contributed by atoms with E-state index in [2.05, 4.69) is 10.6 Å². The molecule has 2 rings (SSSR count). The van der Waals surface area contributed by atoms with Crippen molar-refractivity contribution in [2.45, 2.75) is 24.1 Å². The Morgan fingerprint density at radius 1 is 1.36 bits per heavy atom. The van der Waals surface area contributed by atoms with Gasteiger partial charge in [0.1, 0.15) is 10.3 Å². The lowest BCUT2D eigenvalue weighted by atomic mass is 10.3. The summed E-state index contributed by atoms with van der Waals surface area (Å²) >= 11 is 1.21. The van der Waals surface area contributed by atoms with Crippen molar-refractivity contribution in [1.82, 2.24) is 14.9 Å². The first-order chi connectivity index (χ1) is 11.8. The Labute approximate surface area is 152 Å². The average Bonchev–Trinajstić information content (AvgIpc) is 3.10. The fourth-order valence-corrected chi connectivity index (χ4v) is 5.26. The van der Waals surface area contributed by atoms with Crippen LogP contribution in [0.25, 0.3) is 0 Å². The van der Waals surface area contributed by atoms with Crippen LogP contribution in [0.3, 0.4) is 0 Å². The summed E-state index contributed by atoms with van der Waals surface area (Å²) in [6.07, 6.45) is 0. The van der Waals surface area contributed by atoms with Gasteiger partial charge in [0, 0.05) is 6.54 Å². The van der Waals surface area contributed by atoms with Crippen molar-refractivity contribution in [3.05, 3.63) is 17.5 Å². The molecule has 1 aliphatic heterocycles. The van der Waals surface area contributed by atoms with Gasteiger partial charge in [-0.15, -0.1) is 11.3 Å². The second-order valence-electron chi connectivity index (χ2n) is 5.95. The van der Waals surface area contributed by atoms with Gasteiger partial charge in [-0.05, 0) is 25.3 Å². The average molecular weight is 390 g/mol. The van der Waals surface area contributed by atoms with Crippen molar-refractivity contribution >= 4 is 33.2 Å². The maximum atomic E-state index is 12.5. The molecule has 1 aromatic rings. The summed E-state index contributed by atoms with van der Waals surface area (Å²) in [7, 11) is -3.42. The molecule has 140 valence electrons. The molecule has 2 amide bonds. The third-order valence-corrected chi connectivity index (χ3v) is 7.32. The maximum Gasteiger partial charge on any atom is 0.275 e. The summed E-state index contributed by atoms with van der Waals surface area (Å²) in [6.45, 7) is 6.11. The minimum atomic E-state index is -3.42. The third-order valence-electron chi connectivity index (χ3n) is 4.05. The molecule has 8 nitrogen and oxygen atoms in total. The predicted molar refractivity (Wildman–Crippen MR) is 94.9 cm³/mol. The number of hydrogen-bond donors (Lipinski definition) is 3. The molecule has 0 aliphatic carbocycles. The number of nitrogens with one attached hydrogen (secondary N) is 3. The normalized spacial score (nSPS) is 17.8. The molecule has 0 spiro atoms. The standard InChI is InChI=1S/C15H24N4O4S2/c1-3-16-15(21)12(2)17-13(20)11-18-6-8-19(9-7-18)25(22,23)14-5-4-10-24-14/h4-5,10,12H,3,6-9,11H2,1-2H3,(H,16,21)(H,17,20)/p+1/t12-/m0/s1. The molecule has 0 aromatic carbocycles. The topological polar surface area (TPSA) is 100 Å². The van der Waals surface area contributed by atoms with E-state index < -0.39 is 16.1 Å². The highest BCUT2D eigenvalue weighted by atomic mass is 32.2. The molecule has 3 N–H and O–H groups in total.